The lowest BCUT2D eigenvalue weighted by Crippen LogP contribution is -2.27. The number of carbonyl (C=O) groups excluding carboxylic acids is 1. The van der Waals surface area contributed by atoms with Crippen molar-refractivity contribution in [2.75, 3.05) is 0 Å². The molecule has 0 amide bonds. The Bertz CT molecular complexity index is 582. The third kappa shape index (κ3) is 3.48. The zero-order valence-corrected chi connectivity index (χ0v) is 13.4. The number of hydrogen-bond donors (Lipinski definition) is 2. The van der Waals surface area contributed by atoms with Crippen LogP contribution in [-0.2, 0) is 16.0 Å². The monoisotopic (exact) mass is 316 g/mol. The van der Waals surface area contributed by atoms with Crippen LogP contribution in [0.4, 0.5) is 0 Å². The Morgan fingerprint density at radius 2 is 2.13 bits per heavy atom. The van der Waals surface area contributed by atoms with Crippen molar-refractivity contribution in [3.8, 4) is 0 Å². The van der Waals surface area contributed by atoms with E-state index >= 15 is 0 Å². The maximum atomic E-state index is 11.5. The number of fused-ring (bicyclic) bond motifs is 1. The highest BCUT2D eigenvalue weighted by atomic mass is 16.6. The molecule has 5 atom stereocenters. The van der Waals surface area contributed by atoms with Crippen LogP contribution in [0.15, 0.2) is 42.5 Å². The quantitative estimate of drug-likeness (QED) is 0.646. The molecule has 4 heteroatoms. The Labute approximate surface area is 136 Å². The molecule has 1 aromatic carbocycles. The van der Waals surface area contributed by atoms with Crippen molar-refractivity contribution in [2.45, 2.75) is 50.4 Å². The summed E-state index contributed by atoms with van der Waals surface area (Å²) in [7, 11) is 0. The van der Waals surface area contributed by atoms with Gasteiger partial charge in [-0.1, -0.05) is 42.5 Å². The maximum Gasteiger partial charge on any atom is 0.306 e. The van der Waals surface area contributed by atoms with E-state index in [0.29, 0.717) is 19.3 Å². The summed E-state index contributed by atoms with van der Waals surface area (Å²) in [5, 5.41) is 20.4. The van der Waals surface area contributed by atoms with Crippen LogP contribution in [0.1, 0.15) is 31.7 Å². The van der Waals surface area contributed by atoms with Crippen LogP contribution in [0.25, 0.3) is 0 Å². The third-order valence-corrected chi connectivity index (χ3v) is 5.17. The summed E-state index contributed by atoms with van der Waals surface area (Å²) in [6.45, 7) is 1.89. The highest BCUT2D eigenvalue weighted by Crippen LogP contribution is 2.49. The van der Waals surface area contributed by atoms with Gasteiger partial charge >= 0.3 is 5.97 Å². The number of hydrogen-bond acceptors (Lipinski definition) is 4. The van der Waals surface area contributed by atoms with E-state index in [9.17, 15) is 15.0 Å². The molecule has 0 radical (unpaired) electrons. The minimum Gasteiger partial charge on any atom is -0.459 e. The van der Waals surface area contributed by atoms with Crippen LogP contribution in [0.5, 0.6) is 0 Å². The van der Waals surface area contributed by atoms with Gasteiger partial charge in [-0.25, -0.2) is 0 Å². The molecule has 1 unspecified atom stereocenters. The fourth-order valence-corrected chi connectivity index (χ4v) is 3.90. The summed E-state index contributed by atoms with van der Waals surface area (Å²) < 4.78 is 5.39. The highest BCUT2D eigenvalue weighted by Gasteiger charge is 2.56. The number of ether oxygens (including phenoxy) is 1. The Kier molecular flexibility index (Phi) is 4.55. The Hall–Kier alpha value is -1.65. The van der Waals surface area contributed by atoms with Crippen molar-refractivity contribution in [2.24, 2.45) is 11.8 Å². The second-order valence-corrected chi connectivity index (χ2v) is 6.92. The molecule has 3 rings (SSSR count). The average Bonchev–Trinajstić information content (AvgIpc) is 2.92. The van der Waals surface area contributed by atoms with Gasteiger partial charge in [-0.3, -0.25) is 4.79 Å². The molecule has 0 spiro atoms. The van der Waals surface area contributed by atoms with E-state index in [4.69, 9.17) is 4.74 Å². The fourth-order valence-electron chi connectivity index (χ4n) is 3.90. The largest absolute Gasteiger partial charge is 0.459 e. The molecule has 124 valence electrons. The Balaban J connectivity index is 1.57. The van der Waals surface area contributed by atoms with Crippen molar-refractivity contribution in [3.63, 3.8) is 0 Å². The summed E-state index contributed by atoms with van der Waals surface area (Å²) in [5.74, 6) is -0.312. The van der Waals surface area contributed by atoms with E-state index in [1.54, 1.807) is 6.08 Å². The van der Waals surface area contributed by atoms with Crippen LogP contribution < -0.4 is 0 Å². The SMILES string of the molecule is CC12C[C@@H](O)[C@H](/C=C/[C@@H](O)CCc3ccccc3)[C@H]1CC(=O)O2. The summed E-state index contributed by atoms with van der Waals surface area (Å²) in [6, 6.07) is 10.0. The average molecular weight is 316 g/mol. The number of benzene rings is 1. The van der Waals surface area contributed by atoms with E-state index in [1.165, 1.54) is 5.56 Å². The maximum absolute atomic E-state index is 11.5. The number of aliphatic hydroxyl groups excluding tert-OH is 2. The molecule has 1 aliphatic carbocycles. The van der Waals surface area contributed by atoms with Crippen molar-refractivity contribution >= 4 is 5.97 Å². The second-order valence-electron chi connectivity index (χ2n) is 6.92. The summed E-state index contributed by atoms with van der Waals surface area (Å²) in [5.41, 5.74) is 0.642. The van der Waals surface area contributed by atoms with Crippen molar-refractivity contribution in [1.82, 2.24) is 0 Å². The molecular formula is C19H24O4. The molecule has 1 aliphatic heterocycles. The molecule has 1 aromatic rings. The molecule has 4 nitrogen and oxygen atoms in total. The molecule has 0 bridgehead atoms. The highest BCUT2D eigenvalue weighted by molar-refractivity contribution is 5.73. The van der Waals surface area contributed by atoms with Crippen molar-refractivity contribution in [1.29, 1.82) is 0 Å². The number of aliphatic hydroxyl groups is 2. The predicted molar refractivity (Wildman–Crippen MR) is 86.6 cm³/mol. The van der Waals surface area contributed by atoms with Gasteiger partial charge in [-0.2, -0.15) is 0 Å². The first-order valence-electron chi connectivity index (χ1n) is 8.28. The van der Waals surface area contributed by atoms with E-state index < -0.39 is 17.8 Å². The number of carbonyl (C=O) groups is 1. The summed E-state index contributed by atoms with van der Waals surface area (Å²) >= 11 is 0. The summed E-state index contributed by atoms with van der Waals surface area (Å²) in [4.78, 5) is 11.5. The molecular weight excluding hydrogens is 292 g/mol. The molecule has 1 saturated heterocycles. The van der Waals surface area contributed by atoms with Crippen LogP contribution in [0.3, 0.4) is 0 Å². The van der Waals surface area contributed by atoms with E-state index in [1.807, 2.05) is 43.3 Å². The molecule has 2 N–H and O–H groups in total. The lowest BCUT2D eigenvalue weighted by Gasteiger charge is -2.22. The van der Waals surface area contributed by atoms with Gasteiger partial charge in [0.15, 0.2) is 0 Å². The molecule has 2 fully saturated rings. The van der Waals surface area contributed by atoms with Gasteiger partial charge in [0.1, 0.15) is 5.60 Å². The first-order chi connectivity index (χ1) is 11.0. The van der Waals surface area contributed by atoms with Gasteiger partial charge in [-0.05, 0) is 25.3 Å². The standard InChI is InChI=1S/C19H24O4/c1-19-12-17(21)15(16(19)11-18(22)23-19)10-9-14(20)8-7-13-5-3-2-4-6-13/h2-6,9-10,14-17,20-21H,7-8,11-12H2,1H3/b10-9+/t14-,15+,16+,17+,19?/m0/s1. The van der Waals surface area contributed by atoms with E-state index in [-0.39, 0.29) is 17.8 Å². The van der Waals surface area contributed by atoms with Crippen LogP contribution in [0, 0.1) is 11.8 Å². The lowest BCUT2D eigenvalue weighted by molar-refractivity contribution is -0.148. The molecule has 1 saturated carbocycles. The third-order valence-electron chi connectivity index (χ3n) is 5.17. The molecule has 0 aromatic heterocycles. The fraction of sp³-hybridized carbons (Fsp3) is 0.526. The van der Waals surface area contributed by atoms with Gasteiger partial charge < -0.3 is 14.9 Å². The molecule has 1 heterocycles. The van der Waals surface area contributed by atoms with E-state index in [0.717, 1.165) is 6.42 Å². The predicted octanol–water partition coefficient (Wildman–Crippen LogP) is 2.24. The van der Waals surface area contributed by atoms with Crippen molar-refractivity contribution in [3.05, 3.63) is 48.0 Å². The van der Waals surface area contributed by atoms with E-state index in [2.05, 4.69) is 0 Å². The van der Waals surface area contributed by atoms with Gasteiger partial charge in [-0.15, -0.1) is 0 Å². The summed E-state index contributed by atoms with van der Waals surface area (Å²) in [6.07, 6.45) is 4.83. The Morgan fingerprint density at radius 1 is 1.39 bits per heavy atom. The van der Waals surface area contributed by atoms with Gasteiger partial charge in [0, 0.05) is 18.3 Å². The first kappa shape index (κ1) is 16.2. The second kappa shape index (κ2) is 6.46. The van der Waals surface area contributed by atoms with Crippen molar-refractivity contribution < 1.29 is 19.7 Å². The zero-order valence-electron chi connectivity index (χ0n) is 13.4. The molecule has 2 aliphatic rings. The number of esters is 1. The minimum atomic E-state index is -0.555. The normalized spacial score (nSPS) is 34.6. The van der Waals surface area contributed by atoms with Gasteiger partial charge in [0.25, 0.3) is 0 Å². The first-order valence-corrected chi connectivity index (χ1v) is 8.28. The number of aryl methyl sites for hydroxylation is 1. The van der Waals surface area contributed by atoms with Crippen LogP contribution in [-0.4, -0.2) is 34.0 Å². The Morgan fingerprint density at radius 3 is 2.87 bits per heavy atom. The molecule has 23 heavy (non-hydrogen) atoms. The zero-order chi connectivity index (χ0) is 16.4. The smallest absolute Gasteiger partial charge is 0.306 e. The number of rotatable bonds is 5. The van der Waals surface area contributed by atoms with Gasteiger partial charge in [0.2, 0.25) is 0 Å². The topological polar surface area (TPSA) is 66.8 Å². The minimum absolute atomic E-state index is 0.00238. The lowest BCUT2D eigenvalue weighted by atomic mass is 9.86. The van der Waals surface area contributed by atoms with Crippen LogP contribution >= 0.6 is 0 Å². The van der Waals surface area contributed by atoms with Gasteiger partial charge in [0.05, 0.1) is 18.6 Å². The van der Waals surface area contributed by atoms with Crippen LogP contribution in [0.2, 0.25) is 0 Å².